The smallest absolute Gasteiger partial charge is 0.308 e. The van der Waals surface area contributed by atoms with E-state index < -0.39 is 0 Å². The fourth-order valence-corrected chi connectivity index (χ4v) is 7.11. The van der Waals surface area contributed by atoms with E-state index in [0.717, 1.165) is 51.4 Å². The van der Waals surface area contributed by atoms with Crippen molar-refractivity contribution in [1.82, 2.24) is 0 Å². The molecule has 0 bridgehead atoms. The van der Waals surface area contributed by atoms with E-state index in [1.807, 2.05) is 0 Å². The quantitative estimate of drug-likeness (QED) is 0.0474. The number of unbranched alkanes of at least 4 members (excludes halogenated alkanes) is 26. The summed E-state index contributed by atoms with van der Waals surface area (Å²) in [5.74, 6) is 0.396. The topological polar surface area (TPSA) is 52.6 Å². The lowest BCUT2D eigenvalue weighted by molar-refractivity contribution is -0.150. The predicted octanol–water partition coefficient (Wildman–Crippen LogP) is 15.0. The fourth-order valence-electron chi connectivity index (χ4n) is 7.11. The Morgan fingerprint density at radius 3 is 0.776 bits per heavy atom. The van der Waals surface area contributed by atoms with Crippen LogP contribution in [0.4, 0.5) is 0 Å². The van der Waals surface area contributed by atoms with Crippen molar-refractivity contribution in [3.8, 4) is 0 Å². The lowest BCUT2D eigenvalue weighted by Gasteiger charge is -2.16. The number of hydrogen-bond donors (Lipinski definition) is 0. The summed E-state index contributed by atoms with van der Waals surface area (Å²) in [6.07, 6.45) is 42.7. The highest BCUT2D eigenvalue weighted by Gasteiger charge is 2.20. The van der Waals surface area contributed by atoms with Crippen LogP contribution >= 0.6 is 0 Å². The maximum Gasteiger partial charge on any atom is 0.308 e. The highest BCUT2D eigenvalue weighted by Crippen LogP contribution is 2.22. The molecule has 0 fully saturated rings. The number of carbonyl (C=O) groups excluding carboxylic acids is 2. The summed E-state index contributed by atoms with van der Waals surface area (Å²) >= 11 is 0. The van der Waals surface area contributed by atoms with E-state index in [0.29, 0.717) is 13.2 Å². The molecule has 0 heterocycles. The van der Waals surface area contributed by atoms with Crippen molar-refractivity contribution >= 4 is 11.9 Å². The minimum Gasteiger partial charge on any atom is -0.465 e. The van der Waals surface area contributed by atoms with Crippen LogP contribution in [0.3, 0.4) is 0 Å². The van der Waals surface area contributed by atoms with Crippen LogP contribution in [0.15, 0.2) is 0 Å². The van der Waals surface area contributed by atoms with Gasteiger partial charge in [0.2, 0.25) is 0 Å². The molecule has 0 aliphatic rings. The summed E-state index contributed by atoms with van der Waals surface area (Å²) in [6, 6.07) is 0. The second-order valence-electron chi connectivity index (χ2n) is 15.4. The third-order valence-electron chi connectivity index (χ3n) is 10.6. The third-order valence-corrected chi connectivity index (χ3v) is 10.6. The van der Waals surface area contributed by atoms with E-state index in [1.54, 1.807) is 0 Å². The van der Waals surface area contributed by atoms with E-state index in [9.17, 15) is 9.59 Å². The first kappa shape index (κ1) is 47.9. The van der Waals surface area contributed by atoms with Gasteiger partial charge in [0.05, 0.1) is 25.0 Å². The lowest BCUT2D eigenvalue weighted by atomic mass is 9.94. The largest absolute Gasteiger partial charge is 0.465 e. The zero-order chi connectivity index (χ0) is 35.9. The van der Waals surface area contributed by atoms with Gasteiger partial charge in [-0.15, -0.1) is 0 Å². The van der Waals surface area contributed by atoms with Crippen LogP contribution in [0, 0.1) is 11.8 Å². The van der Waals surface area contributed by atoms with Gasteiger partial charge in [0.25, 0.3) is 0 Å². The average molecular weight is 693 g/mol. The maximum absolute atomic E-state index is 12.8. The zero-order valence-electron chi connectivity index (χ0n) is 34.0. The first-order valence-electron chi connectivity index (χ1n) is 22.4. The molecule has 2 atom stereocenters. The van der Waals surface area contributed by atoms with E-state index in [4.69, 9.17) is 9.47 Å². The highest BCUT2D eigenvalue weighted by atomic mass is 16.5. The molecular formula is C45H88O4. The molecule has 0 N–H and O–H groups in total. The lowest BCUT2D eigenvalue weighted by Crippen LogP contribution is -2.18. The first-order chi connectivity index (χ1) is 24.1. The molecule has 0 amide bonds. The molecule has 0 aromatic heterocycles. The second kappa shape index (κ2) is 39.7. The molecule has 0 spiro atoms. The van der Waals surface area contributed by atoms with E-state index in [1.165, 1.54) is 173 Å². The minimum absolute atomic E-state index is 0.0775. The SMILES string of the molecule is CCCCCCCCC(CCCCCC)C(=O)OCCCCCCCCCCCCCOC(=O)C(CCCCCC)CCCCCCCC. The molecule has 0 aromatic carbocycles. The number of ether oxygens (including phenoxy) is 2. The van der Waals surface area contributed by atoms with E-state index >= 15 is 0 Å². The Bertz CT molecular complexity index is 621. The van der Waals surface area contributed by atoms with Crippen LogP contribution in [0.2, 0.25) is 0 Å². The molecule has 0 radical (unpaired) electrons. The van der Waals surface area contributed by atoms with E-state index in [-0.39, 0.29) is 23.8 Å². The van der Waals surface area contributed by atoms with Crippen molar-refractivity contribution in [3.63, 3.8) is 0 Å². The fraction of sp³-hybridized carbons (Fsp3) is 0.956. The van der Waals surface area contributed by atoms with Crippen LogP contribution in [0.5, 0.6) is 0 Å². The maximum atomic E-state index is 12.8. The van der Waals surface area contributed by atoms with Crippen LogP contribution in [-0.4, -0.2) is 25.2 Å². The first-order valence-corrected chi connectivity index (χ1v) is 22.4. The number of carbonyl (C=O) groups is 2. The molecule has 0 aliphatic carbocycles. The summed E-state index contributed by atoms with van der Waals surface area (Å²) in [6.45, 7) is 10.2. The summed E-state index contributed by atoms with van der Waals surface area (Å²) in [7, 11) is 0. The standard InChI is InChI=1S/C45H88O4/c1-5-9-13-17-26-32-38-42(36-30-15-11-7-3)44(46)48-40-34-28-24-22-20-19-21-23-25-29-35-41-49-45(47)43(37-31-16-12-8-4)39-33-27-18-14-10-6-2/h42-43H,5-41H2,1-4H3. The summed E-state index contributed by atoms with van der Waals surface area (Å²) in [5, 5.41) is 0. The van der Waals surface area contributed by atoms with Gasteiger partial charge in [-0.05, 0) is 38.5 Å². The molecule has 0 aromatic rings. The summed E-state index contributed by atoms with van der Waals surface area (Å²) in [4.78, 5) is 25.7. The van der Waals surface area contributed by atoms with Crippen molar-refractivity contribution in [2.45, 2.75) is 252 Å². The van der Waals surface area contributed by atoms with Gasteiger partial charge in [0.15, 0.2) is 0 Å². The van der Waals surface area contributed by atoms with Crippen LogP contribution in [0.25, 0.3) is 0 Å². The van der Waals surface area contributed by atoms with Crippen LogP contribution in [-0.2, 0) is 19.1 Å². The molecular weight excluding hydrogens is 604 g/mol. The predicted molar refractivity (Wildman–Crippen MR) is 213 cm³/mol. The Labute approximate surface area is 307 Å². The van der Waals surface area contributed by atoms with Crippen molar-refractivity contribution in [2.24, 2.45) is 11.8 Å². The summed E-state index contributed by atoms with van der Waals surface area (Å²) in [5.41, 5.74) is 0. The van der Waals surface area contributed by atoms with Gasteiger partial charge >= 0.3 is 11.9 Å². The van der Waals surface area contributed by atoms with E-state index in [2.05, 4.69) is 27.7 Å². The Hall–Kier alpha value is -1.06. The van der Waals surface area contributed by atoms with Crippen molar-refractivity contribution in [2.75, 3.05) is 13.2 Å². The van der Waals surface area contributed by atoms with Gasteiger partial charge in [-0.3, -0.25) is 9.59 Å². The average Bonchev–Trinajstić information content (AvgIpc) is 3.10. The van der Waals surface area contributed by atoms with Gasteiger partial charge in [-0.2, -0.15) is 0 Å². The van der Waals surface area contributed by atoms with Gasteiger partial charge in [0, 0.05) is 0 Å². The number of rotatable bonds is 40. The molecule has 0 rings (SSSR count). The molecule has 0 aliphatic heterocycles. The molecule has 0 saturated carbocycles. The molecule has 2 unspecified atom stereocenters. The Morgan fingerprint density at radius 1 is 0.306 bits per heavy atom. The van der Waals surface area contributed by atoms with Crippen LogP contribution in [0.1, 0.15) is 252 Å². The van der Waals surface area contributed by atoms with Crippen LogP contribution < -0.4 is 0 Å². The van der Waals surface area contributed by atoms with Crippen molar-refractivity contribution < 1.29 is 19.1 Å². The molecule has 4 heteroatoms. The minimum atomic E-state index is 0.0775. The van der Waals surface area contributed by atoms with Gasteiger partial charge < -0.3 is 9.47 Å². The molecule has 0 saturated heterocycles. The second-order valence-corrected chi connectivity index (χ2v) is 15.4. The monoisotopic (exact) mass is 693 g/mol. The zero-order valence-corrected chi connectivity index (χ0v) is 34.0. The van der Waals surface area contributed by atoms with Gasteiger partial charge in [-0.25, -0.2) is 0 Å². The molecule has 49 heavy (non-hydrogen) atoms. The Morgan fingerprint density at radius 2 is 0.510 bits per heavy atom. The van der Waals surface area contributed by atoms with Gasteiger partial charge in [0.1, 0.15) is 0 Å². The van der Waals surface area contributed by atoms with Crippen molar-refractivity contribution in [1.29, 1.82) is 0 Å². The normalized spacial score (nSPS) is 12.7. The van der Waals surface area contributed by atoms with Crippen molar-refractivity contribution in [3.05, 3.63) is 0 Å². The Kier molecular flexibility index (Phi) is 38.9. The van der Waals surface area contributed by atoms with Gasteiger partial charge in [-0.1, -0.05) is 214 Å². The number of hydrogen-bond acceptors (Lipinski definition) is 4. The number of esters is 2. The molecule has 292 valence electrons. The molecule has 4 nitrogen and oxygen atoms in total. The summed E-state index contributed by atoms with van der Waals surface area (Å²) < 4.78 is 11.5. The third kappa shape index (κ3) is 33.8. The highest BCUT2D eigenvalue weighted by molar-refractivity contribution is 5.72. The Balaban J connectivity index is 3.88.